The quantitative estimate of drug-likeness (QED) is 0.879. The first-order chi connectivity index (χ1) is 11.8. The van der Waals surface area contributed by atoms with Crippen LogP contribution in [0.4, 0.5) is 0 Å². The third-order valence-corrected chi connectivity index (χ3v) is 6.01. The Morgan fingerprint density at radius 2 is 2.08 bits per heavy atom. The largest absolute Gasteiger partial charge is 0.354 e. The fraction of sp³-hybridized carbons (Fsp3) is 0.833. The van der Waals surface area contributed by atoms with E-state index in [1.54, 1.807) is 0 Å². The Balaban J connectivity index is 1.27. The number of nitrogens with zero attached hydrogens (tertiary/aromatic N) is 3. The van der Waals surface area contributed by atoms with E-state index in [2.05, 4.69) is 25.4 Å². The lowest BCUT2D eigenvalue weighted by Crippen LogP contribution is -2.43. The maximum absolute atomic E-state index is 12.4. The molecule has 2 aliphatic heterocycles. The van der Waals surface area contributed by atoms with Crippen LogP contribution in [0.5, 0.6) is 0 Å². The highest BCUT2D eigenvalue weighted by Crippen LogP contribution is 2.33. The van der Waals surface area contributed by atoms with E-state index in [0.717, 1.165) is 37.5 Å². The topological polar surface area (TPSA) is 71.8 Å². The van der Waals surface area contributed by atoms with Crippen molar-refractivity contribution in [1.82, 2.24) is 25.4 Å². The summed E-state index contributed by atoms with van der Waals surface area (Å²) in [5, 5.41) is 15.3. The number of aromatic nitrogens is 3. The maximum atomic E-state index is 12.4. The second-order valence-electron chi connectivity index (χ2n) is 7.64. The number of nitrogens with one attached hydrogen (secondary N) is 2. The summed E-state index contributed by atoms with van der Waals surface area (Å²) in [5.74, 6) is 3.03. The highest BCUT2D eigenvalue weighted by atomic mass is 16.2. The molecule has 132 valence electrons. The van der Waals surface area contributed by atoms with Crippen molar-refractivity contribution in [2.75, 3.05) is 6.54 Å². The number of aryl methyl sites for hydroxylation is 1. The van der Waals surface area contributed by atoms with Gasteiger partial charge in [0.1, 0.15) is 11.6 Å². The van der Waals surface area contributed by atoms with E-state index in [0.29, 0.717) is 18.5 Å². The van der Waals surface area contributed by atoms with Crippen LogP contribution in [-0.2, 0) is 24.2 Å². The molecular formula is C18H29N5O. The van der Waals surface area contributed by atoms with Crippen LogP contribution in [0.15, 0.2) is 0 Å². The minimum Gasteiger partial charge on any atom is -0.354 e. The van der Waals surface area contributed by atoms with E-state index < -0.39 is 0 Å². The van der Waals surface area contributed by atoms with Crippen LogP contribution in [0.25, 0.3) is 0 Å². The van der Waals surface area contributed by atoms with Gasteiger partial charge in [-0.3, -0.25) is 4.79 Å². The van der Waals surface area contributed by atoms with Gasteiger partial charge in [0, 0.05) is 32.0 Å². The van der Waals surface area contributed by atoms with Crippen molar-refractivity contribution in [2.24, 2.45) is 5.92 Å². The number of amides is 1. The predicted molar refractivity (Wildman–Crippen MR) is 91.6 cm³/mol. The van der Waals surface area contributed by atoms with Gasteiger partial charge >= 0.3 is 0 Å². The van der Waals surface area contributed by atoms with Crippen LogP contribution >= 0.6 is 0 Å². The van der Waals surface area contributed by atoms with Crippen molar-refractivity contribution >= 4 is 5.91 Å². The molecule has 2 N–H and O–H groups in total. The van der Waals surface area contributed by atoms with Crippen molar-refractivity contribution in [3.05, 3.63) is 11.6 Å². The van der Waals surface area contributed by atoms with E-state index in [1.807, 2.05) is 0 Å². The SMILES string of the molecule is O=C(NCCc1nnc2n1CCCCC2)C1CC2CCCCC2N1. The zero-order valence-electron chi connectivity index (χ0n) is 14.5. The molecule has 0 aromatic carbocycles. The Kier molecular flexibility index (Phi) is 4.83. The number of fused-ring (bicyclic) bond motifs is 2. The number of hydrogen-bond acceptors (Lipinski definition) is 4. The monoisotopic (exact) mass is 331 g/mol. The molecule has 0 spiro atoms. The Hall–Kier alpha value is -1.43. The van der Waals surface area contributed by atoms with Gasteiger partial charge in [0.2, 0.25) is 5.91 Å². The van der Waals surface area contributed by atoms with Gasteiger partial charge in [0.15, 0.2) is 0 Å². The highest BCUT2D eigenvalue weighted by molar-refractivity contribution is 5.82. The first-order valence-electron chi connectivity index (χ1n) is 9.76. The summed E-state index contributed by atoms with van der Waals surface area (Å²) in [6.45, 7) is 1.68. The highest BCUT2D eigenvalue weighted by Gasteiger charge is 2.37. The summed E-state index contributed by atoms with van der Waals surface area (Å²) < 4.78 is 2.27. The van der Waals surface area contributed by atoms with E-state index in [1.165, 1.54) is 44.9 Å². The summed E-state index contributed by atoms with van der Waals surface area (Å²) in [6.07, 6.45) is 11.7. The lowest BCUT2D eigenvalue weighted by atomic mass is 9.85. The van der Waals surface area contributed by atoms with Crippen LogP contribution in [0.3, 0.4) is 0 Å². The van der Waals surface area contributed by atoms with E-state index >= 15 is 0 Å². The molecule has 6 nitrogen and oxygen atoms in total. The second kappa shape index (κ2) is 7.21. The predicted octanol–water partition coefficient (Wildman–Crippen LogP) is 1.58. The molecule has 3 unspecified atom stereocenters. The zero-order chi connectivity index (χ0) is 16.4. The van der Waals surface area contributed by atoms with Crippen LogP contribution in [0.1, 0.15) is 63.0 Å². The molecule has 1 amide bonds. The van der Waals surface area contributed by atoms with Gasteiger partial charge in [-0.05, 0) is 38.0 Å². The van der Waals surface area contributed by atoms with E-state index in [9.17, 15) is 4.79 Å². The Morgan fingerprint density at radius 1 is 1.17 bits per heavy atom. The number of rotatable bonds is 4. The minimum atomic E-state index is 0.00798. The van der Waals surface area contributed by atoms with E-state index in [-0.39, 0.29) is 11.9 Å². The molecule has 2 fully saturated rings. The summed E-state index contributed by atoms with van der Waals surface area (Å²) >= 11 is 0. The fourth-order valence-corrected chi connectivity index (χ4v) is 4.67. The normalized spacial score (nSPS) is 29.6. The van der Waals surface area contributed by atoms with Crippen molar-refractivity contribution < 1.29 is 4.79 Å². The maximum Gasteiger partial charge on any atom is 0.237 e. The van der Waals surface area contributed by atoms with Gasteiger partial charge in [0.25, 0.3) is 0 Å². The van der Waals surface area contributed by atoms with Crippen molar-refractivity contribution in [2.45, 2.75) is 82.8 Å². The standard InChI is InChI=1S/C18H29N5O/c24-18(15-12-13-6-3-4-7-14(13)20-15)19-10-9-17-22-21-16-8-2-1-5-11-23(16)17/h13-15,20H,1-12H2,(H,19,24). The van der Waals surface area contributed by atoms with Gasteiger partial charge in [-0.1, -0.05) is 19.3 Å². The summed E-state index contributed by atoms with van der Waals surface area (Å²) in [7, 11) is 0. The molecule has 24 heavy (non-hydrogen) atoms. The zero-order valence-corrected chi connectivity index (χ0v) is 14.5. The summed E-state index contributed by atoms with van der Waals surface area (Å²) in [5.41, 5.74) is 0. The lowest BCUT2D eigenvalue weighted by Gasteiger charge is -2.24. The molecule has 1 aromatic heterocycles. The molecule has 1 aliphatic carbocycles. The molecular weight excluding hydrogens is 302 g/mol. The molecule has 0 radical (unpaired) electrons. The van der Waals surface area contributed by atoms with Gasteiger partial charge in [-0.25, -0.2) is 0 Å². The van der Waals surface area contributed by atoms with Gasteiger partial charge in [-0.15, -0.1) is 10.2 Å². The number of hydrogen-bond donors (Lipinski definition) is 2. The van der Waals surface area contributed by atoms with Crippen LogP contribution in [0.2, 0.25) is 0 Å². The van der Waals surface area contributed by atoms with Crippen LogP contribution in [-0.4, -0.2) is 39.3 Å². The third kappa shape index (κ3) is 3.34. The van der Waals surface area contributed by atoms with Gasteiger partial charge < -0.3 is 15.2 Å². The first-order valence-corrected chi connectivity index (χ1v) is 9.76. The second-order valence-corrected chi connectivity index (χ2v) is 7.64. The van der Waals surface area contributed by atoms with Crippen LogP contribution in [0, 0.1) is 5.92 Å². The van der Waals surface area contributed by atoms with Crippen molar-refractivity contribution in [3.8, 4) is 0 Å². The first kappa shape index (κ1) is 16.1. The average Bonchev–Trinajstić information content (AvgIpc) is 3.12. The number of carbonyl (C=O) groups is 1. The summed E-state index contributed by atoms with van der Waals surface area (Å²) in [4.78, 5) is 12.4. The molecule has 6 heteroatoms. The van der Waals surface area contributed by atoms with Crippen molar-refractivity contribution in [1.29, 1.82) is 0 Å². The lowest BCUT2D eigenvalue weighted by molar-refractivity contribution is -0.122. The molecule has 3 atom stereocenters. The van der Waals surface area contributed by atoms with Gasteiger partial charge in [-0.2, -0.15) is 0 Å². The molecule has 0 bridgehead atoms. The van der Waals surface area contributed by atoms with Gasteiger partial charge in [0.05, 0.1) is 6.04 Å². The van der Waals surface area contributed by atoms with E-state index in [4.69, 9.17) is 0 Å². The Bertz CT molecular complexity index is 570. The third-order valence-electron chi connectivity index (χ3n) is 6.01. The van der Waals surface area contributed by atoms with Crippen molar-refractivity contribution in [3.63, 3.8) is 0 Å². The molecule has 1 saturated carbocycles. The molecule has 1 aromatic rings. The Morgan fingerprint density at radius 3 is 3.00 bits per heavy atom. The molecule has 4 rings (SSSR count). The average molecular weight is 331 g/mol. The van der Waals surface area contributed by atoms with Crippen LogP contribution < -0.4 is 10.6 Å². The molecule has 1 saturated heterocycles. The minimum absolute atomic E-state index is 0.00798. The smallest absolute Gasteiger partial charge is 0.237 e. The Labute approximate surface area is 143 Å². The number of carbonyl (C=O) groups excluding carboxylic acids is 1. The summed E-state index contributed by atoms with van der Waals surface area (Å²) in [6, 6.07) is 0.579. The molecule has 3 aliphatic rings. The molecule has 3 heterocycles. The fourth-order valence-electron chi connectivity index (χ4n) is 4.67.